The highest BCUT2D eigenvalue weighted by Crippen LogP contribution is 2.23. The lowest BCUT2D eigenvalue weighted by Crippen LogP contribution is -2.30. The first kappa shape index (κ1) is 13.2. The molecule has 0 bridgehead atoms. The Hall–Kier alpha value is -1.26. The fourth-order valence-corrected chi connectivity index (χ4v) is 1.82. The number of benzene rings is 1. The van der Waals surface area contributed by atoms with Crippen molar-refractivity contribution in [3.05, 3.63) is 46.8 Å². The molecule has 0 atom stereocenters. The van der Waals surface area contributed by atoms with Crippen LogP contribution in [0.4, 0.5) is 0 Å². The summed E-state index contributed by atoms with van der Waals surface area (Å²) in [5.41, 5.74) is 7.56. The van der Waals surface area contributed by atoms with E-state index in [9.17, 15) is 0 Å². The van der Waals surface area contributed by atoms with Crippen LogP contribution in [-0.2, 0) is 5.41 Å². The molecule has 4 heteroatoms. The Bertz CT molecular complexity index is 535. The molecule has 0 spiro atoms. The van der Waals surface area contributed by atoms with E-state index in [4.69, 9.17) is 5.73 Å². The molecule has 0 aliphatic carbocycles. The first-order valence-electron chi connectivity index (χ1n) is 5.82. The van der Waals surface area contributed by atoms with Gasteiger partial charge in [-0.05, 0) is 18.2 Å². The summed E-state index contributed by atoms with van der Waals surface area (Å²) in [7, 11) is 0. The van der Waals surface area contributed by atoms with Crippen LogP contribution >= 0.6 is 15.9 Å². The summed E-state index contributed by atoms with van der Waals surface area (Å²) in [4.78, 5) is 8.93. The zero-order valence-corrected chi connectivity index (χ0v) is 12.1. The lowest BCUT2D eigenvalue weighted by Gasteiger charge is -2.20. The lowest BCUT2D eigenvalue weighted by atomic mass is 9.92. The third kappa shape index (κ3) is 2.76. The van der Waals surface area contributed by atoms with Gasteiger partial charge >= 0.3 is 0 Å². The minimum atomic E-state index is -0.203. The molecular weight excluding hydrogens is 290 g/mol. The largest absolute Gasteiger partial charge is 0.329 e. The van der Waals surface area contributed by atoms with Crippen molar-refractivity contribution in [3.8, 4) is 11.3 Å². The van der Waals surface area contributed by atoms with E-state index in [0.29, 0.717) is 6.54 Å². The molecule has 2 rings (SSSR count). The molecule has 0 radical (unpaired) electrons. The standard InChI is InChI=1S/C14H16BrN3/c1-14(2,9-16)13-17-8-7-12(18-13)10-3-5-11(15)6-4-10/h3-8H,9,16H2,1-2H3. The maximum absolute atomic E-state index is 5.76. The average molecular weight is 306 g/mol. The smallest absolute Gasteiger partial charge is 0.135 e. The number of nitrogens with zero attached hydrogens (tertiary/aromatic N) is 2. The van der Waals surface area contributed by atoms with Crippen LogP contribution in [0.15, 0.2) is 41.0 Å². The van der Waals surface area contributed by atoms with E-state index in [1.54, 1.807) is 6.20 Å². The second kappa shape index (κ2) is 5.16. The SMILES string of the molecule is CC(C)(CN)c1nccc(-c2ccc(Br)cc2)n1. The van der Waals surface area contributed by atoms with Gasteiger partial charge in [-0.15, -0.1) is 0 Å². The van der Waals surface area contributed by atoms with Crippen molar-refractivity contribution < 1.29 is 0 Å². The molecule has 0 aliphatic rings. The third-order valence-electron chi connectivity index (χ3n) is 2.91. The number of hydrogen-bond acceptors (Lipinski definition) is 3. The van der Waals surface area contributed by atoms with E-state index in [2.05, 4.69) is 25.9 Å². The van der Waals surface area contributed by atoms with Gasteiger partial charge in [0.15, 0.2) is 0 Å². The topological polar surface area (TPSA) is 51.8 Å². The highest BCUT2D eigenvalue weighted by Gasteiger charge is 2.22. The maximum atomic E-state index is 5.76. The molecule has 0 saturated carbocycles. The zero-order chi connectivity index (χ0) is 13.2. The van der Waals surface area contributed by atoms with Gasteiger partial charge in [0.25, 0.3) is 0 Å². The van der Waals surface area contributed by atoms with Crippen LogP contribution in [0.5, 0.6) is 0 Å². The van der Waals surface area contributed by atoms with E-state index in [0.717, 1.165) is 21.6 Å². The lowest BCUT2D eigenvalue weighted by molar-refractivity contribution is 0.503. The summed E-state index contributed by atoms with van der Waals surface area (Å²) in [6.45, 7) is 4.62. The Morgan fingerprint density at radius 2 is 1.83 bits per heavy atom. The fraction of sp³-hybridized carbons (Fsp3) is 0.286. The molecule has 0 aliphatic heterocycles. The van der Waals surface area contributed by atoms with Crippen molar-refractivity contribution in [2.75, 3.05) is 6.54 Å². The second-order valence-corrected chi connectivity index (χ2v) is 5.78. The zero-order valence-electron chi connectivity index (χ0n) is 10.5. The quantitative estimate of drug-likeness (QED) is 0.948. The Morgan fingerprint density at radius 1 is 1.17 bits per heavy atom. The van der Waals surface area contributed by atoms with Gasteiger partial charge in [-0.3, -0.25) is 0 Å². The number of halogens is 1. The van der Waals surface area contributed by atoms with E-state index in [-0.39, 0.29) is 5.41 Å². The third-order valence-corrected chi connectivity index (χ3v) is 3.44. The summed E-state index contributed by atoms with van der Waals surface area (Å²) in [6.07, 6.45) is 1.79. The molecule has 94 valence electrons. The Morgan fingerprint density at radius 3 is 2.44 bits per heavy atom. The molecular formula is C14H16BrN3. The number of nitrogens with two attached hydrogens (primary N) is 1. The maximum Gasteiger partial charge on any atom is 0.135 e. The molecule has 0 saturated heterocycles. The van der Waals surface area contributed by atoms with Gasteiger partial charge < -0.3 is 5.73 Å². The van der Waals surface area contributed by atoms with Gasteiger partial charge in [-0.25, -0.2) is 9.97 Å². The van der Waals surface area contributed by atoms with Crippen LogP contribution in [-0.4, -0.2) is 16.5 Å². The molecule has 0 unspecified atom stereocenters. The molecule has 18 heavy (non-hydrogen) atoms. The fourth-order valence-electron chi connectivity index (χ4n) is 1.56. The number of hydrogen-bond donors (Lipinski definition) is 1. The van der Waals surface area contributed by atoms with Gasteiger partial charge in [-0.2, -0.15) is 0 Å². The minimum absolute atomic E-state index is 0.203. The van der Waals surface area contributed by atoms with Crippen LogP contribution in [0.3, 0.4) is 0 Å². The summed E-state index contributed by atoms with van der Waals surface area (Å²) in [5, 5.41) is 0. The van der Waals surface area contributed by atoms with Gasteiger partial charge in [0.1, 0.15) is 5.82 Å². The van der Waals surface area contributed by atoms with Gasteiger partial charge in [-0.1, -0.05) is 41.9 Å². The normalized spacial score (nSPS) is 11.6. The van der Waals surface area contributed by atoms with Gasteiger partial charge in [0, 0.05) is 28.2 Å². The van der Waals surface area contributed by atoms with Gasteiger partial charge in [0.05, 0.1) is 5.69 Å². The second-order valence-electron chi connectivity index (χ2n) is 4.86. The Balaban J connectivity index is 2.41. The van der Waals surface area contributed by atoms with E-state index >= 15 is 0 Å². The summed E-state index contributed by atoms with van der Waals surface area (Å²) < 4.78 is 1.06. The van der Waals surface area contributed by atoms with Crippen LogP contribution in [0.1, 0.15) is 19.7 Å². The Labute approximate surface area is 116 Å². The van der Waals surface area contributed by atoms with Crippen molar-refractivity contribution in [2.45, 2.75) is 19.3 Å². The summed E-state index contributed by atoms with van der Waals surface area (Å²) in [6, 6.07) is 9.99. The van der Waals surface area contributed by atoms with Crippen molar-refractivity contribution >= 4 is 15.9 Å². The first-order valence-corrected chi connectivity index (χ1v) is 6.62. The highest BCUT2D eigenvalue weighted by molar-refractivity contribution is 9.10. The van der Waals surface area contributed by atoms with Crippen LogP contribution in [0.2, 0.25) is 0 Å². The molecule has 1 aromatic carbocycles. The van der Waals surface area contributed by atoms with Crippen molar-refractivity contribution in [2.24, 2.45) is 5.73 Å². The molecule has 1 aromatic heterocycles. The number of aromatic nitrogens is 2. The van der Waals surface area contributed by atoms with Gasteiger partial charge in [0.2, 0.25) is 0 Å². The predicted molar refractivity (Wildman–Crippen MR) is 77.2 cm³/mol. The monoisotopic (exact) mass is 305 g/mol. The summed E-state index contributed by atoms with van der Waals surface area (Å²) >= 11 is 3.43. The van der Waals surface area contributed by atoms with Crippen molar-refractivity contribution in [3.63, 3.8) is 0 Å². The average Bonchev–Trinajstić information content (AvgIpc) is 2.40. The van der Waals surface area contributed by atoms with E-state index in [1.165, 1.54) is 0 Å². The number of rotatable bonds is 3. The molecule has 0 fully saturated rings. The molecule has 2 aromatic rings. The van der Waals surface area contributed by atoms with Crippen molar-refractivity contribution in [1.29, 1.82) is 0 Å². The van der Waals surface area contributed by atoms with Crippen molar-refractivity contribution in [1.82, 2.24) is 9.97 Å². The molecule has 1 heterocycles. The molecule has 0 amide bonds. The highest BCUT2D eigenvalue weighted by atomic mass is 79.9. The molecule has 2 N–H and O–H groups in total. The van der Waals surface area contributed by atoms with Crippen LogP contribution < -0.4 is 5.73 Å². The minimum Gasteiger partial charge on any atom is -0.329 e. The molecule has 3 nitrogen and oxygen atoms in total. The first-order chi connectivity index (χ1) is 8.53. The van der Waals surface area contributed by atoms with Crippen LogP contribution in [0.25, 0.3) is 11.3 Å². The van der Waals surface area contributed by atoms with E-state index in [1.807, 2.05) is 44.2 Å². The summed E-state index contributed by atoms with van der Waals surface area (Å²) in [5.74, 6) is 0.783. The van der Waals surface area contributed by atoms with Crippen LogP contribution in [0, 0.1) is 0 Å². The Kier molecular flexibility index (Phi) is 3.78. The predicted octanol–water partition coefficient (Wildman–Crippen LogP) is 3.14. The van der Waals surface area contributed by atoms with E-state index < -0.39 is 0 Å².